The molecule has 0 radical (unpaired) electrons. The van der Waals surface area contributed by atoms with Crippen LogP contribution in [0.25, 0.3) is 0 Å². The summed E-state index contributed by atoms with van der Waals surface area (Å²) in [6.07, 6.45) is 0. The van der Waals surface area contributed by atoms with Gasteiger partial charge in [-0.3, -0.25) is 4.79 Å². The van der Waals surface area contributed by atoms with Gasteiger partial charge in [0.25, 0.3) is 0 Å². The molecule has 5 nitrogen and oxygen atoms in total. The van der Waals surface area contributed by atoms with Gasteiger partial charge in [0.05, 0.1) is 23.4 Å². The zero-order valence-electron chi connectivity index (χ0n) is 13.1. The first kappa shape index (κ1) is 17.7. The van der Waals surface area contributed by atoms with E-state index in [2.05, 4.69) is 15.4 Å². The van der Waals surface area contributed by atoms with Crippen LogP contribution in [0.3, 0.4) is 0 Å². The van der Waals surface area contributed by atoms with E-state index in [0.717, 1.165) is 6.07 Å². The zero-order chi connectivity index (χ0) is 17.7. The van der Waals surface area contributed by atoms with Crippen LogP contribution in [0.5, 0.6) is 0 Å². The van der Waals surface area contributed by atoms with E-state index in [1.807, 2.05) is 0 Å². The number of rotatable bonds is 5. The molecule has 7 heteroatoms. The van der Waals surface area contributed by atoms with Crippen molar-refractivity contribution < 1.29 is 18.7 Å². The van der Waals surface area contributed by atoms with Gasteiger partial charge in [0.1, 0.15) is 11.9 Å². The van der Waals surface area contributed by atoms with Crippen LogP contribution in [0.1, 0.15) is 17.3 Å². The monoisotopic (exact) mass is 350 g/mol. The van der Waals surface area contributed by atoms with Gasteiger partial charge in [0.2, 0.25) is 5.91 Å². The summed E-state index contributed by atoms with van der Waals surface area (Å²) in [5.41, 5.74) is 1.41. The van der Waals surface area contributed by atoms with Crippen molar-refractivity contribution in [3.05, 3.63) is 58.9 Å². The van der Waals surface area contributed by atoms with Gasteiger partial charge in [0.15, 0.2) is 0 Å². The lowest BCUT2D eigenvalue weighted by atomic mass is 10.2. The topological polar surface area (TPSA) is 67.4 Å². The van der Waals surface area contributed by atoms with Gasteiger partial charge in [-0.25, -0.2) is 9.18 Å². The van der Waals surface area contributed by atoms with Crippen LogP contribution < -0.4 is 10.6 Å². The molecular weight excluding hydrogens is 335 g/mol. The summed E-state index contributed by atoms with van der Waals surface area (Å²) in [5, 5.41) is 5.74. The first-order valence-electron chi connectivity index (χ1n) is 7.11. The van der Waals surface area contributed by atoms with Crippen LogP contribution in [-0.2, 0) is 9.53 Å². The Morgan fingerprint density at radius 3 is 2.42 bits per heavy atom. The summed E-state index contributed by atoms with van der Waals surface area (Å²) in [7, 11) is 1.31. The highest BCUT2D eigenvalue weighted by Crippen LogP contribution is 2.22. The maximum absolute atomic E-state index is 13.0. The van der Waals surface area contributed by atoms with Crippen molar-refractivity contribution in [1.82, 2.24) is 0 Å². The molecule has 2 N–H and O–H groups in total. The maximum Gasteiger partial charge on any atom is 0.337 e. The van der Waals surface area contributed by atoms with Crippen LogP contribution in [0.2, 0.25) is 5.02 Å². The molecule has 0 aromatic heterocycles. The highest BCUT2D eigenvalue weighted by molar-refractivity contribution is 6.33. The molecule has 0 fully saturated rings. The molecule has 1 atom stereocenters. The van der Waals surface area contributed by atoms with E-state index in [-0.39, 0.29) is 10.9 Å². The Bertz CT molecular complexity index is 750. The number of hydrogen-bond acceptors (Lipinski definition) is 4. The third-order valence-electron chi connectivity index (χ3n) is 3.27. The Hall–Kier alpha value is -2.60. The number of carbonyl (C=O) groups excluding carboxylic acids is 2. The standard InChI is InChI=1S/C17H16ClFN2O3/c1-10(16(22)21-15-8-5-12(19)9-14(15)18)20-13-6-3-11(4-7-13)17(23)24-2/h3-10,20H,1-2H3,(H,21,22)/t10-/m0/s1. The molecule has 0 aliphatic carbocycles. The van der Waals surface area contributed by atoms with Crippen molar-refractivity contribution >= 4 is 34.9 Å². The van der Waals surface area contributed by atoms with Gasteiger partial charge in [-0.05, 0) is 49.4 Å². The molecule has 24 heavy (non-hydrogen) atoms. The Morgan fingerprint density at radius 2 is 1.83 bits per heavy atom. The van der Waals surface area contributed by atoms with Crippen molar-refractivity contribution in [1.29, 1.82) is 0 Å². The second-order valence-corrected chi connectivity index (χ2v) is 5.46. The van der Waals surface area contributed by atoms with Gasteiger partial charge in [0, 0.05) is 5.69 Å². The number of ether oxygens (including phenoxy) is 1. The second kappa shape index (κ2) is 7.79. The molecular formula is C17H16ClFN2O3. The fraction of sp³-hybridized carbons (Fsp3) is 0.176. The third-order valence-corrected chi connectivity index (χ3v) is 3.58. The minimum absolute atomic E-state index is 0.123. The largest absolute Gasteiger partial charge is 0.465 e. The number of anilines is 2. The number of amides is 1. The smallest absolute Gasteiger partial charge is 0.337 e. The van der Waals surface area contributed by atoms with Crippen molar-refractivity contribution in [2.75, 3.05) is 17.7 Å². The van der Waals surface area contributed by atoms with Crippen molar-refractivity contribution in [3.63, 3.8) is 0 Å². The Labute approximate surface area is 143 Å². The molecule has 126 valence electrons. The Kier molecular flexibility index (Phi) is 5.76. The first-order valence-corrected chi connectivity index (χ1v) is 7.49. The molecule has 0 bridgehead atoms. The number of methoxy groups -OCH3 is 1. The zero-order valence-corrected chi connectivity index (χ0v) is 13.9. The highest BCUT2D eigenvalue weighted by atomic mass is 35.5. The summed E-state index contributed by atoms with van der Waals surface area (Å²) in [4.78, 5) is 23.5. The van der Waals surface area contributed by atoms with Crippen LogP contribution in [-0.4, -0.2) is 25.0 Å². The number of esters is 1. The minimum Gasteiger partial charge on any atom is -0.465 e. The summed E-state index contributed by atoms with van der Waals surface area (Å²) in [5.74, 6) is -1.24. The molecule has 2 aromatic rings. The van der Waals surface area contributed by atoms with Crippen LogP contribution >= 0.6 is 11.6 Å². The molecule has 0 spiro atoms. The number of nitrogens with one attached hydrogen (secondary N) is 2. The molecule has 2 rings (SSSR count). The molecule has 0 heterocycles. The summed E-state index contributed by atoms with van der Waals surface area (Å²) >= 11 is 5.88. The fourth-order valence-electron chi connectivity index (χ4n) is 1.97. The van der Waals surface area contributed by atoms with E-state index in [0.29, 0.717) is 16.9 Å². The highest BCUT2D eigenvalue weighted by Gasteiger charge is 2.15. The number of halogens is 2. The second-order valence-electron chi connectivity index (χ2n) is 5.05. The molecule has 0 aliphatic rings. The number of benzene rings is 2. The Morgan fingerprint density at radius 1 is 1.17 bits per heavy atom. The lowest BCUT2D eigenvalue weighted by Crippen LogP contribution is -2.32. The van der Waals surface area contributed by atoms with E-state index < -0.39 is 17.8 Å². The summed E-state index contributed by atoms with van der Waals surface area (Å²) in [6, 6.07) is 9.68. The molecule has 2 aromatic carbocycles. The Balaban J connectivity index is 1.99. The predicted molar refractivity (Wildman–Crippen MR) is 90.9 cm³/mol. The van der Waals surface area contributed by atoms with Gasteiger partial charge in [-0.15, -0.1) is 0 Å². The van der Waals surface area contributed by atoms with Gasteiger partial charge >= 0.3 is 5.97 Å². The van der Waals surface area contributed by atoms with Crippen LogP contribution in [0.15, 0.2) is 42.5 Å². The van der Waals surface area contributed by atoms with E-state index in [1.54, 1.807) is 31.2 Å². The number of hydrogen-bond donors (Lipinski definition) is 2. The average molecular weight is 351 g/mol. The molecule has 0 aliphatic heterocycles. The van der Waals surface area contributed by atoms with Crippen molar-refractivity contribution in [2.45, 2.75) is 13.0 Å². The number of carbonyl (C=O) groups is 2. The van der Waals surface area contributed by atoms with Gasteiger partial charge in [-0.2, -0.15) is 0 Å². The molecule has 1 amide bonds. The van der Waals surface area contributed by atoms with E-state index in [9.17, 15) is 14.0 Å². The van der Waals surface area contributed by atoms with E-state index in [4.69, 9.17) is 11.6 Å². The molecule has 0 saturated heterocycles. The SMILES string of the molecule is COC(=O)c1ccc(N[C@@H](C)C(=O)Nc2ccc(F)cc2Cl)cc1. The van der Waals surface area contributed by atoms with Crippen molar-refractivity contribution in [2.24, 2.45) is 0 Å². The van der Waals surface area contributed by atoms with Crippen LogP contribution in [0.4, 0.5) is 15.8 Å². The third kappa shape index (κ3) is 4.45. The fourth-order valence-corrected chi connectivity index (χ4v) is 2.18. The molecule has 0 unspecified atom stereocenters. The van der Waals surface area contributed by atoms with E-state index in [1.165, 1.54) is 19.2 Å². The summed E-state index contributed by atoms with van der Waals surface area (Å²) < 4.78 is 17.6. The van der Waals surface area contributed by atoms with Crippen LogP contribution in [0, 0.1) is 5.82 Å². The maximum atomic E-state index is 13.0. The average Bonchev–Trinajstić information content (AvgIpc) is 2.57. The lowest BCUT2D eigenvalue weighted by Gasteiger charge is -2.16. The quantitative estimate of drug-likeness (QED) is 0.807. The normalized spacial score (nSPS) is 11.5. The predicted octanol–water partition coefficient (Wildman–Crippen LogP) is 3.70. The summed E-state index contributed by atoms with van der Waals surface area (Å²) in [6.45, 7) is 1.67. The molecule has 0 saturated carbocycles. The van der Waals surface area contributed by atoms with Crippen molar-refractivity contribution in [3.8, 4) is 0 Å². The van der Waals surface area contributed by atoms with Gasteiger partial charge in [-0.1, -0.05) is 11.6 Å². The minimum atomic E-state index is -0.574. The first-order chi connectivity index (χ1) is 11.4. The van der Waals surface area contributed by atoms with E-state index >= 15 is 0 Å². The lowest BCUT2D eigenvalue weighted by molar-refractivity contribution is -0.116. The van der Waals surface area contributed by atoms with Gasteiger partial charge < -0.3 is 15.4 Å².